The van der Waals surface area contributed by atoms with E-state index in [0.717, 1.165) is 12.8 Å². The second-order valence-corrected chi connectivity index (χ2v) is 4.35. The maximum absolute atomic E-state index is 11.1. The average Bonchev–Trinajstić information content (AvgIpc) is 3.00. The molecule has 0 bridgehead atoms. The van der Waals surface area contributed by atoms with Crippen LogP contribution in [0.25, 0.3) is 0 Å². The van der Waals surface area contributed by atoms with Crippen molar-refractivity contribution in [1.82, 2.24) is 0 Å². The molecule has 15 heavy (non-hydrogen) atoms. The van der Waals surface area contributed by atoms with E-state index >= 15 is 0 Å². The first-order chi connectivity index (χ1) is 7.11. The highest BCUT2D eigenvalue weighted by molar-refractivity contribution is 5.75. The van der Waals surface area contributed by atoms with Gasteiger partial charge in [0, 0.05) is 13.7 Å². The average molecular weight is 216 g/mol. The summed E-state index contributed by atoms with van der Waals surface area (Å²) in [4.78, 5) is 11.1. The minimum Gasteiger partial charge on any atom is -0.481 e. The molecule has 1 aliphatic carbocycles. The summed E-state index contributed by atoms with van der Waals surface area (Å²) in [7, 11) is 1.62. The molecule has 0 saturated heterocycles. The number of rotatable bonds is 8. The topological polar surface area (TPSA) is 55.8 Å². The van der Waals surface area contributed by atoms with E-state index in [9.17, 15) is 4.79 Å². The fourth-order valence-electron chi connectivity index (χ4n) is 1.73. The maximum Gasteiger partial charge on any atom is 0.309 e. The second-order valence-electron chi connectivity index (χ2n) is 4.35. The zero-order valence-electron chi connectivity index (χ0n) is 9.49. The van der Waals surface area contributed by atoms with E-state index in [4.69, 9.17) is 14.6 Å². The van der Waals surface area contributed by atoms with Gasteiger partial charge in [0.25, 0.3) is 0 Å². The zero-order chi connectivity index (χ0) is 11.3. The van der Waals surface area contributed by atoms with Gasteiger partial charge in [-0.2, -0.15) is 0 Å². The van der Waals surface area contributed by atoms with Crippen molar-refractivity contribution in [3.8, 4) is 0 Å². The molecule has 1 fully saturated rings. The molecule has 0 radical (unpaired) electrons. The van der Waals surface area contributed by atoms with Crippen LogP contribution in [0.15, 0.2) is 0 Å². The zero-order valence-corrected chi connectivity index (χ0v) is 9.49. The molecule has 1 N–H and O–H groups in total. The summed E-state index contributed by atoms with van der Waals surface area (Å²) >= 11 is 0. The third kappa shape index (κ3) is 3.47. The molecular weight excluding hydrogens is 196 g/mol. The Morgan fingerprint density at radius 1 is 1.40 bits per heavy atom. The molecule has 4 nitrogen and oxygen atoms in total. The first kappa shape index (κ1) is 12.5. The van der Waals surface area contributed by atoms with Gasteiger partial charge in [-0.1, -0.05) is 0 Å². The number of methoxy groups -OCH3 is 1. The van der Waals surface area contributed by atoms with Crippen LogP contribution in [0.5, 0.6) is 0 Å². The lowest BCUT2D eigenvalue weighted by molar-refractivity contribution is -0.150. The Morgan fingerprint density at radius 3 is 2.53 bits per heavy atom. The van der Waals surface area contributed by atoms with Crippen LogP contribution in [0.3, 0.4) is 0 Å². The van der Waals surface area contributed by atoms with E-state index in [2.05, 4.69) is 0 Å². The van der Waals surface area contributed by atoms with Crippen LogP contribution < -0.4 is 0 Å². The van der Waals surface area contributed by atoms with E-state index in [1.54, 1.807) is 7.11 Å². The summed E-state index contributed by atoms with van der Waals surface area (Å²) < 4.78 is 10.1. The molecule has 4 heteroatoms. The molecule has 1 aliphatic rings. The number of aliphatic carboxylic acids is 1. The molecule has 0 spiro atoms. The minimum atomic E-state index is -0.694. The fraction of sp³-hybridized carbons (Fsp3) is 0.909. The van der Waals surface area contributed by atoms with E-state index < -0.39 is 11.4 Å². The first-order valence-corrected chi connectivity index (χ1v) is 5.41. The first-order valence-electron chi connectivity index (χ1n) is 5.41. The van der Waals surface area contributed by atoms with Gasteiger partial charge in [-0.05, 0) is 32.1 Å². The van der Waals surface area contributed by atoms with Gasteiger partial charge in [-0.25, -0.2) is 0 Å². The lowest BCUT2D eigenvalue weighted by Gasteiger charge is -2.24. The number of carbonyl (C=O) groups is 1. The molecule has 1 saturated carbocycles. The molecule has 0 aromatic heterocycles. The lowest BCUT2D eigenvalue weighted by atomic mass is 9.82. The van der Waals surface area contributed by atoms with Crippen LogP contribution in [0.4, 0.5) is 0 Å². The van der Waals surface area contributed by atoms with Crippen LogP contribution in [0.2, 0.25) is 0 Å². The summed E-state index contributed by atoms with van der Waals surface area (Å²) in [5, 5.41) is 9.17. The highest BCUT2D eigenvalue weighted by atomic mass is 16.5. The van der Waals surface area contributed by atoms with Gasteiger partial charge in [0.05, 0.1) is 18.6 Å². The smallest absolute Gasteiger partial charge is 0.309 e. The quantitative estimate of drug-likeness (QED) is 0.625. The van der Waals surface area contributed by atoms with E-state index in [0.29, 0.717) is 32.2 Å². The lowest BCUT2D eigenvalue weighted by Crippen LogP contribution is -2.31. The van der Waals surface area contributed by atoms with Crippen molar-refractivity contribution < 1.29 is 19.4 Å². The number of carboxylic acid groups (broad SMARTS) is 1. The van der Waals surface area contributed by atoms with Crippen LogP contribution in [-0.2, 0) is 14.3 Å². The molecule has 0 aromatic rings. The Balaban J connectivity index is 2.23. The van der Waals surface area contributed by atoms with Crippen molar-refractivity contribution >= 4 is 5.97 Å². The Hall–Kier alpha value is -0.610. The summed E-state index contributed by atoms with van der Waals surface area (Å²) in [6.45, 7) is 3.43. The second kappa shape index (κ2) is 5.47. The molecule has 0 aromatic carbocycles. The molecule has 0 amide bonds. The highest BCUT2D eigenvalue weighted by Gasteiger charge is 2.46. The summed E-state index contributed by atoms with van der Waals surface area (Å²) in [5.41, 5.74) is -0.590. The molecule has 0 aliphatic heterocycles. The Bertz CT molecular complexity index is 213. The number of ether oxygens (including phenoxy) is 2. The van der Waals surface area contributed by atoms with Crippen LogP contribution in [0.1, 0.15) is 26.2 Å². The monoisotopic (exact) mass is 216 g/mol. The standard InChI is InChI=1S/C11H20O4/c1-11(10(12)13,9-3-4-9)5-6-15-8-7-14-2/h9H,3-8H2,1-2H3,(H,12,13). The molecule has 88 valence electrons. The van der Waals surface area contributed by atoms with E-state index in [1.165, 1.54) is 0 Å². The van der Waals surface area contributed by atoms with Crippen molar-refractivity contribution in [2.75, 3.05) is 26.9 Å². The van der Waals surface area contributed by atoms with Gasteiger partial charge < -0.3 is 14.6 Å². The van der Waals surface area contributed by atoms with Crippen molar-refractivity contribution in [2.45, 2.75) is 26.2 Å². The minimum absolute atomic E-state index is 0.348. The molecule has 1 atom stereocenters. The molecule has 0 heterocycles. The predicted octanol–water partition coefficient (Wildman–Crippen LogP) is 1.54. The van der Waals surface area contributed by atoms with Crippen molar-refractivity contribution in [3.05, 3.63) is 0 Å². The predicted molar refractivity (Wildman–Crippen MR) is 55.8 cm³/mol. The van der Waals surface area contributed by atoms with Crippen molar-refractivity contribution in [1.29, 1.82) is 0 Å². The van der Waals surface area contributed by atoms with Crippen LogP contribution in [-0.4, -0.2) is 38.0 Å². The SMILES string of the molecule is COCCOCCC(C)(C(=O)O)C1CC1. The van der Waals surface area contributed by atoms with E-state index in [-0.39, 0.29) is 0 Å². The van der Waals surface area contributed by atoms with Gasteiger partial charge in [-0.3, -0.25) is 4.79 Å². The summed E-state index contributed by atoms with van der Waals surface area (Å²) in [5.74, 6) is -0.346. The van der Waals surface area contributed by atoms with Gasteiger partial charge in [0.1, 0.15) is 0 Å². The van der Waals surface area contributed by atoms with Crippen molar-refractivity contribution in [3.63, 3.8) is 0 Å². The van der Waals surface area contributed by atoms with Gasteiger partial charge in [0.15, 0.2) is 0 Å². The van der Waals surface area contributed by atoms with Crippen molar-refractivity contribution in [2.24, 2.45) is 11.3 Å². The summed E-state index contributed by atoms with van der Waals surface area (Å²) in [6.07, 6.45) is 2.68. The Morgan fingerprint density at radius 2 is 2.07 bits per heavy atom. The normalized spacial score (nSPS) is 19.9. The molecule has 1 rings (SSSR count). The Kier molecular flexibility index (Phi) is 4.54. The maximum atomic E-state index is 11.1. The number of carboxylic acids is 1. The van der Waals surface area contributed by atoms with Crippen LogP contribution >= 0.6 is 0 Å². The number of hydrogen-bond donors (Lipinski definition) is 1. The van der Waals surface area contributed by atoms with Gasteiger partial charge in [-0.15, -0.1) is 0 Å². The third-order valence-electron chi connectivity index (χ3n) is 3.16. The summed E-state index contributed by atoms with van der Waals surface area (Å²) in [6, 6.07) is 0. The third-order valence-corrected chi connectivity index (χ3v) is 3.16. The Labute approximate surface area is 90.6 Å². The van der Waals surface area contributed by atoms with Gasteiger partial charge in [0.2, 0.25) is 0 Å². The van der Waals surface area contributed by atoms with Crippen LogP contribution in [0, 0.1) is 11.3 Å². The van der Waals surface area contributed by atoms with Gasteiger partial charge >= 0.3 is 5.97 Å². The van der Waals surface area contributed by atoms with E-state index in [1.807, 2.05) is 6.92 Å². The molecule has 1 unspecified atom stereocenters. The fourth-order valence-corrected chi connectivity index (χ4v) is 1.73. The highest BCUT2D eigenvalue weighted by Crippen LogP contribution is 2.47. The molecular formula is C11H20O4. The largest absolute Gasteiger partial charge is 0.481 e. The number of hydrogen-bond acceptors (Lipinski definition) is 3.